The molecule has 4 amide bonds. The molecule has 0 bridgehead atoms. The lowest BCUT2D eigenvalue weighted by molar-refractivity contribution is -0.124. The summed E-state index contributed by atoms with van der Waals surface area (Å²) >= 11 is 0. The first-order valence-electron chi connectivity index (χ1n) is 10.4. The average molecular weight is 462 g/mol. The second-order valence-electron chi connectivity index (χ2n) is 7.94. The summed E-state index contributed by atoms with van der Waals surface area (Å²) in [5, 5.41) is 4.96. The number of urea groups is 1. The van der Waals surface area contributed by atoms with E-state index >= 15 is 0 Å². The number of hydrogen-bond donors (Lipinski definition) is 2. The van der Waals surface area contributed by atoms with Crippen molar-refractivity contribution in [3.63, 3.8) is 0 Å². The summed E-state index contributed by atoms with van der Waals surface area (Å²) in [6, 6.07) is 13.7. The van der Waals surface area contributed by atoms with Gasteiger partial charge in [0.05, 0.1) is 19.9 Å². The number of nitrogens with one attached hydrogen (secondary N) is 2. The number of carbonyl (C=O) groups is 3. The van der Waals surface area contributed by atoms with E-state index in [9.17, 15) is 18.8 Å². The van der Waals surface area contributed by atoms with Crippen molar-refractivity contribution in [2.45, 2.75) is 12.1 Å². The van der Waals surface area contributed by atoms with Crippen LogP contribution in [-0.2, 0) is 16.9 Å². The Morgan fingerprint density at radius 2 is 1.82 bits per heavy atom. The lowest BCUT2D eigenvalue weighted by atomic mass is 9.89. The van der Waals surface area contributed by atoms with Crippen molar-refractivity contribution < 1.29 is 28.2 Å². The quantitative estimate of drug-likeness (QED) is 0.545. The molecule has 9 nitrogen and oxygen atoms in total. The lowest BCUT2D eigenvalue weighted by Crippen LogP contribution is -2.52. The Kier molecular flexibility index (Phi) is 5.12. The van der Waals surface area contributed by atoms with E-state index in [0.717, 1.165) is 11.8 Å². The number of benzene rings is 2. The first-order chi connectivity index (χ1) is 16.4. The fraction of sp³-hybridized carbons (Fsp3) is 0.167. The van der Waals surface area contributed by atoms with Crippen molar-refractivity contribution in [2.75, 3.05) is 13.7 Å². The third-order valence-corrected chi connectivity index (χ3v) is 5.84. The highest BCUT2D eigenvalue weighted by atomic mass is 19.1. The Hall–Kier alpha value is -4.47. The van der Waals surface area contributed by atoms with E-state index in [-0.39, 0.29) is 18.3 Å². The van der Waals surface area contributed by atoms with Gasteiger partial charge in [-0.1, -0.05) is 18.2 Å². The molecule has 10 heteroatoms. The molecule has 2 aliphatic rings. The molecule has 34 heavy (non-hydrogen) atoms. The standard InChI is InChI=1S/C24H19FN4O5/c1-33-18-6-2-14-12-29(21(30)19(14)10-18)13-24(22(31)27-23(32)28-24)15-3-7-17(8-4-15)34-20-9-5-16(25)11-26-20/h2-11H,12-13H2,1H3,(H2,27,28,31,32)/t24-/m0/s1. The molecule has 2 aliphatic heterocycles. The maximum atomic E-state index is 13.1. The van der Waals surface area contributed by atoms with Crippen LogP contribution in [0, 0.1) is 5.82 Å². The van der Waals surface area contributed by atoms with Crippen LogP contribution in [0.5, 0.6) is 17.4 Å². The molecule has 1 saturated heterocycles. The minimum atomic E-state index is -1.48. The zero-order valence-electron chi connectivity index (χ0n) is 18.0. The number of rotatable bonds is 6. The smallest absolute Gasteiger partial charge is 0.322 e. The van der Waals surface area contributed by atoms with E-state index in [0.29, 0.717) is 29.2 Å². The third-order valence-electron chi connectivity index (χ3n) is 5.84. The first kappa shape index (κ1) is 21.4. The molecular formula is C24H19FN4O5. The van der Waals surface area contributed by atoms with Crippen LogP contribution in [0.1, 0.15) is 21.5 Å². The van der Waals surface area contributed by atoms with Gasteiger partial charge in [-0.2, -0.15) is 0 Å². The molecule has 2 N–H and O–H groups in total. The van der Waals surface area contributed by atoms with Crippen LogP contribution in [0.25, 0.3) is 0 Å². The Labute approximate surface area is 193 Å². The summed E-state index contributed by atoms with van der Waals surface area (Å²) in [4.78, 5) is 43.5. The second-order valence-corrected chi connectivity index (χ2v) is 7.94. The van der Waals surface area contributed by atoms with Crippen molar-refractivity contribution in [1.29, 1.82) is 0 Å². The molecule has 0 spiro atoms. The van der Waals surface area contributed by atoms with Crippen LogP contribution in [0.3, 0.4) is 0 Å². The highest BCUT2D eigenvalue weighted by Gasteiger charge is 2.50. The molecule has 0 radical (unpaired) electrons. The number of pyridine rings is 1. The Morgan fingerprint density at radius 1 is 1.06 bits per heavy atom. The van der Waals surface area contributed by atoms with Gasteiger partial charge in [0.1, 0.15) is 17.3 Å². The highest BCUT2D eigenvalue weighted by Crippen LogP contribution is 2.33. The number of hydrogen-bond acceptors (Lipinski definition) is 6. The van der Waals surface area contributed by atoms with E-state index in [1.54, 1.807) is 36.4 Å². The van der Waals surface area contributed by atoms with Crippen LogP contribution >= 0.6 is 0 Å². The average Bonchev–Trinajstić information content (AvgIpc) is 3.30. The number of imide groups is 1. The minimum Gasteiger partial charge on any atom is -0.497 e. The maximum Gasteiger partial charge on any atom is 0.322 e. The molecule has 1 fully saturated rings. The van der Waals surface area contributed by atoms with Gasteiger partial charge in [0, 0.05) is 18.2 Å². The van der Waals surface area contributed by atoms with E-state index < -0.39 is 23.3 Å². The largest absolute Gasteiger partial charge is 0.497 e. The molecule has 5 rings (SSSR count). The van der Waals surface area contributed by atoms with Crippen molar-refractivity contribution in [3.8, 4) is 17.4 Å². The fourth-order valence-electron chi connectivity index (χ4n) is 4.13. The molecule has 2 aromatic carbocycles. The summed E-state index contributed by atoms with van der Waals surface area (Å²) in [7, 11) is 1.52. The van der Waals surface area contributed by atoms with Crippen molar-refractivity contribution >= 4 is 17.8 Å². The van der Waals surface area contributed by atoms with E-state index in [1.807, 2.05) is 6.07 Å². The van der Waals surface area contributed by atoms with Crippen molar-refractivity contribution in [2.24, 2.45) is 0 Å². The van der Waals surface area contributed by atoms with E-state index in [4.69, 9.17) is 9.47 Å². The van der Waals surface area contributed by atoms with Crippen molar-refractivity contribution in [3.05, 3.63) is 83.3 Å². The first-order valence-corrected chi connectivity index (χ1v) is 10.4. The minimum absolute atomic E-state index is 0.0693. The fourth-order valence-corrected chi connectivity index (χ4v) is 4.13. The Bertz CT molecular complexity index is 1300. The molecule has 1 atom stereocenters. The summed E-state index contributed by atoms with van der Waals surface area (Å²) in [5.74, 6) is -0.144. The van der Waals surface area contributed by atoms with E-state index in [2.05, 4.69) is 15.6 Å². The normalized spacial score (nSPS) is 19.0. The summed E-state index contributed by atoms with van der Waals surface area (Å²) in [6.07, 6.45) is 1.04. The highest BCUT2D eigenvalue weighted by molar-refractivity contribution is 6.08. The SMILES string of the molecule is COc1ccc2c(c1)C(=O)N(C[C@@]1(c3ccc(Oc4ccc(F)cn4)cc3)NC(=O)NC1=O)C2. The summed E-state index contributed by atoms with van der Waals surface area (Å²) < 4.78 is 23.9. The zero-order valence-corrected chi connectivity index (χ0v) is 18.0. The predicted molar refractivity (Wildman–Crippen MR) is 117 cm³/mol. The number of fused-ring (bicyclic) bond motifs is 1. The van der Waals surface area contributed by atoms with Crippen LogP contribution in [0.2, 0.25) is 0 Å². The molecular weight excluding hydrogens is 443 g/mol. The zero-order chi connectivity index (χ0) is 23.9. The van der Waals surface area contributed by atoms with Gasteiger partial charge in [-0.3, -0.25) is 14.9 Å². The van der Waals surface area contributed by atoms with Crippen LogP contribution in [0.4, 0.5) is 9.18 Å². The topological polar surface area (TPSA) is 110 Å². The number of nitrogens with zero attached hydrogens (tertiary/aromatic N) is 2. The number of ether oxygens (including phenoxy) is 2. The van der Waals surface area contributed by atoms with Gasteiger partial charge in [-0.25, -0.2) is 14.2 Å². The number of aromatic nitrogens is 1. The number of methoxy groups -OCH3 is 1. The monoisotopic (exact) mass is 462 g/mol. The van der Waals surface area contributed by atoms with Crippen LogP contribution < -0.4 is 20.1 Å². The van der Waals surface area contributed by atoms with Gasteiger partial charge in [-0.15, -0.1) is 0 Å². The third kappa shape index (κ3) is 3.68. The molecule has 0 unspecified atom stereocenters. The van der Waals surface area contributed by atoms with Gasteiger partial charge >= 0.3 is 6.03 Å². The number of amides is 4. The molecule has 0 saturated carbocycles. The molecule has 3 heterocycles. The maximum absolute atomic E-state index is 13.1. The summed E-state index contributed by atoms with van der Waals surface area (Å²) in [6.45, 7) is 0.223. The van der Waals surface area contributed by atoms with Gasteiger partial charge in [0.2, 0.25) is 5.88 Å². The van der Waals surface area contributed by atoms with E-state index in [1.165, 1.54) is 24.1 Å². The van der Waals surface area contributed by atoms with Gasteiger partial charge in [0.15, 0.2) is 5.54 Å². The number of halogens is 1. The van der Waals surface area contributed by atoms with Crippen molar-refractivity contribution in [1.82, 2.24) is 20.5 Å². The molecule has 0 aliphatic carbocycles. The van der Waals surface area contributed by atoms with Gasteiger partial charge in [-0.05, 0) is 41.5 Å². The second kappa shape index (κ2) is 8.14. The van der Waals surface area contributed by atoms with Crippen LogP contribution in [0.15, 0.2) is 60.8 Å². The summed E-state index contributed by atoms with van der Waals surface area (Å²) in [5.41, 5.74) is 0.290. The Morgan fingerprint density at radius 3 is 2.47 bits per heavy atom. The molecule has 3 aromatic rings. The molecule has 172 valence electrons. The predicted octanol–water partition coefficient (Wildman–Crippen LogP) is 2.71. The Balaban J connectivity index is 1.42. The molecule has 1 aromatic heterocycles. The van der Waals surface area contributed by atoms with Crippen LogP contribution in [-0.4, -0.2) is 41.4 Å². The van der Waals surface area contributed by atoms with Gasteiger partial charge in [0.25, 0.3) is 11.8 Å². The number of carbonyl (C=O) groups excluding carboxylic acids is 3. The van der Waals surface area contributed by atoms with Gasteiger partial charge < -0.3 is 19.7 Å². The lowest BCUT2D eigenvalue weighted by Gasteiger charge is -2.31.